The molecule has 1 amide bonds. The molecule has 26 heavy (non-hydrogen) atoms. The van der Waals surface area contributed by atoms with Gasteiger partial charge in [0.05, 0.1) is 19.4 Å². The Morgan fingerprint density at radius 1 is 1.12 bits per heavy atom. The van der Waals surface area contributed by atoms with E-state index in [-0.39, 0.29) is 5.91 Å². The normalized spacial score (nSPS) is 18.7. The molecule has 1 aromatic carbocycles. The van der Waals surface area contributed by atoms with Gasteiger partial charge in [0.15, 0.2) is 0 Å². The third-order valence-corrected chi connectivity index (χ3v) is 5.34. The molecular formula is C21H20BrNO3. The standard InChI is InChI=1S/C21H20BrNO3/c1-14-11-19(14)20-9-8-18(26-20)13-23(12-17-3-2-10-25-17)21(24)15-4-6-16(22)7-5-15/h2-10,14,19H,11-13H2,1H3. The van der Waals surface area contributed by atoms with Gasteiger partial charge in [-0.15, -0.1) is 0 Å². The van der Waals surface area contributed by atoms with Gasteiger partial charge in [-0.2, -0.15) is 0 Å². The highest BCUT2D eigenvalue weighted by Gasteiger charge is 2.36. The Bertz CT molecular complexity index is 882. The molecule has 5 heteroatoms. The zero-order valence-electron chi connectivity index (χ0n) is 14.5. The van der Waals surface area contributed by atoms with Gasteiger partial charge < -0.3 is 13.7 Å². The first-order chi connectivity index (χ1) is 12.6. The summed E-state index contributed by atoms with van der Waals surface area (Å²) in [6, 6.07) is 15.1. The van der Waals surface area contributed by atoms with Crippen molar-refractivity contribution in [1.29, 1.82) is 0 Å². The Labute approximate surface area is 160 Å². The topological polar surface area (TPSA) is 46.6 Å². The number of amides is 1. The molecule has 1 aliphatic carbocycles. The maximum absolute atomic E-state index is 13.0. The highest BCUT2D eigenvalue weighted by atomic mass is 79.9. The van der Waals surface area contributed by atoms with E-state index in [2.05, 4.69) is 22.9 Å². The first kappa shape index (κ1) is 17.2. The van der Waals surface area contributed by atoms with Gasteiger partial charge in [0.2, 0.25) is 0 Å². The number of hydrogen-bond acceptors (Lipinski definition) is 3. The van der Waals surface area contributed by atoms with Crippen molar-refractivity contribution in [2.75, 3.05) is 0 Å². The second-order valence-electron chi connectivity index (χ2n) is 6.87. The van der Waals surface area contributed by atoms with E-state index in [1.165, 1.54) is 6.42 Å². The van der Waals surface area contributed by atoms with Gasteiger partial charge in [-0.25, -0.2) is 0 Å². The van der Waals surface area contributed by atoms with Gasteiger partial charge in [-0.05, 0) is 60.9 Å². The molecule has 1 saturated carbocycles. The third kappa shape index (κ3) is 3.78. The molecule has 0 bridgehead atoms. The van der Waals surface area contributed by atoms with Gasteiger partial charge in [-0.1, -0.05) is 22.9 Å². The number of halogens is 1. The second-order valence-corrected chi connectivity index (χ2v) is 7.79. The zero-order valence-corrected chi connectivity index (χ0v) is 16.1. The van der Waals surface area contributed by atoms with Crippen LogP contribution in [0.2, 0.25) is 0 Å². The van der Waals surface area contributed by atoms with E-state index < -0.39 is 0 Å². The fraction of sp³-hybridized carbons (Fsp3) is 0.286. The van der Waals surface area contributed by atoms with Gasteiger partial charge in [-0.3, -0.25) is 4.79 Å². The lowest BCUT2D eigenvalue weighted by molar-refractivity contribution is 0.0704. The fourth-order valence-electron chi connectivity index (χ4n) is 3.15. The average molecular weight is 414 g/mol. The van der Waals surface area contributed by atoms with Crippen LogP contribution in [0, 0.1) is 5.92 Å². The number of hydrogen-bond donors (Lipinski definition) is 0. The van der Waals surface area contributed by atoms with Crippen LogP contribution in [0.25, 0.3) is 0 Å². The van der Waals surface area contributed by atoms with Crippen LogP contribution >= 0.6 is 15.9 Å². The number of nitrogens with zero attached hydrogens (tertiary/aromatic N) is 1. The van der Waals surface area contributed by atoms with Crippen molar-refractivity contribution in [2.45, 2.75) is 32.4 Å². The number of carbonyl (C=O) groups excluding carboxylic acids is 1. The summed E-state index contributed by atoms with van der Waals surface area (Å²) in [5, 5.41) is 0. The molecule has 0 spiro atoms. The Morgan fingerprint density at radius 2 is 1.85 bits per heavy atom. The zero-order chi connectivity index (χ0) is 18.1. The highest BCUT2D eigenvalue weighted by molar-refractivity contribution is 9.10. The van der Waals surface area contributed by atoms with Crippen molar-refractivity contribution in [3.05, 3.63) is 82.1 Å². The molecule has 0 N–H and O–H groups in total. The van der Waals surface area contributed by atoms with Crippen LogP contribution in [-0.4, -0.2) is 10.8 Å². The molecule has 134 valence electrons. The van der Waals surface area contributed by atoms with Crippen LogP contribution in [0.3, 0.4) is 0 Å². The molecule has 4 nitrogen and oxygen atoms in total. The quantitative estimate of drug-likeness (QED) is 0.528. The molecule has 1 fully saturated rings. The summed E-state index contributed by atoms with van der Waals surface area (Å²) in [5.41, 5.74) is 0.641. The lowest BCUT2D eigenvalue weighted by Gasteiger charge is -2.21. The van der Waals surface area contributed by atoms with E-state index in [1.54, 1.807) is 11.2 Å². The monoisotopic (exact) mass is 413 g/mol. The molecule has 2 heterocycles. The van der Waals surface area contributed by atoms with Crippen LogP contribution in [0.15, 0.2) is 68.1 Å². The number of furan rings is 2. The lowest BCUT2D eigenvalue weighted by Crippen LogP contribution is -2.29. The minimum atomic E-state index is -0.0494. The van der Waals surface area contributed by atoms with Crippen LogP contribution in [0.1, 0.15) is 46.9 Å². The number of rotatable bonds is 6. The molecule has 1 aliphatic rings. The van der Waals surface area contributed by atoms with Crippen LogP contribution in [-0.2, 0) is 13.1 Å². The molecule has 0 radical (unpaired) electrons. The van der Waals surface area contributed by atoms with E-state index in [4.69, 9.17) is 8.83 Å². The summed E-state index contributed by atoms with van der Waals surface area (Å²) < 4.78 is 12.4. The third-order valence-electron chi connectivity index (χ3n) is 4.81. The average Bonchev–Trinajstić information content (AvgIpc) is 3.05. The van der Waals surface area contributed by atoms with E-state index in [0.29, 0.717) is 30.5 Å². The molecule has 2 atom stereocenters. The molecular weight excluding hydrogens is 394 g/mol. The Kier molecular flexibility index (Phi) is 4.72. The SMILES string of the molecule is CC1CC1c1ccc(CN(Cc2ccco2)C(=O)c2ccc(Br)cc2)o1. The molecule has 0 aliphatic heterocycles. The minimum absolute atomic E-state index is 0.0494. The fourth-order valence-corrected chi connectivity index (χ4v) is 3.41. The van der Waals surface area contributed by atoms with Gasteiger partial charge in [0, 0.05) is 16.0 Å². The van der Waals surface area contributed by atoms with Crippen molar-refractivity contribution in [3.8, 4) is 0 Å². The van der Waals surface area contributed by atoms with Crippen molar-refractivity contribution in [2.24, 2.45) is 5.92 Å². The maximum Gasteiger partial charge on any atom is 0.254 e. The molecule has 0 saturated heterocycles. The largest absolute Gasteiger partial charge is 0.467 e. The minimum Gasteiger partial charge on any atom is -0.467 e. The van der Waals surface area contributed by atoms with Crippen molar-refractivity contribution < 1.29 is 13.6 Å². The Hall–Kier alpha value is -2.27. The summed E-state index contributed by atoms with van der Waals surface area (Å²) in [4.78, 5) is 14.8. The van der Waals surface area contributed by atoms with Crippen LogP contribution < -0.4 is 0 Å². The van der Waals surface area contributed by atoms with Crippen molar-refractivity contribution >= 4 is 21.8 Å². The predicted octanol–water partition coefficient (Wildman–Crippen LogP) is 5.60. The summed E-state index contributed by atoms with van der Waals surface area (Å²) in [6.07, 6.45) is 2.80. The van der Waals surface area contributed by atoms with Crippen molar-refractivity contribution in [1.82, 2.24) is 4.90 Å². The number of benzene rings is 1. The second kappa shape index (κ2) is 7.16. The number of carbonyl (C=O) groups is 1. The van der Waals surface area contributed by atoms with Crippen LogP contribution in [0.5, 0.6) is 0 Å². The smallest absolute Gasteiger partial charge is 0.254 e. The van der Waals surface area contributed by atoms with E-state index in [0.717, 1.165) is 21.8 Å². The van der Waals surface area contributed by atoms with Crippen LogP contribution in [0.4, 0.5) is 0 Å². The summed E-state index contributed by atoms with van der Waals surface area (Å²) in [6.45, 7) is 3.04. The first-order valence-corrected chi connectivity index (χ1v) is 9.55. The van der Waals surface area contributed by atoms with E-state index >= 15 is 0 Å². The molecule has 2 unspecified atom stereocenters. The summed E-state index contributed by atoms with van der Waals surface area (Å²) in [5.74, 6) is 3.75. The summed E-state index contributed by atoms with van der Waals surface area (Å²) >= 11 is 3.41. The van der Waals surface area contributed by atoms with Gasteiger partial charge in [0.1, 0.15) is 17.3 Å². The maximum atomic E-state index is 13.0. The predicted molar refractivity (Wildman–Crippen MR) is 102 cm³/mol. The molecule has 2 aromatic heterocycles. The van der Waals surface area contributed by atoms with E-state index in [1.807, 2.05) is 48.5 Å². The molecule has 3 aromatic rings. The first-order valence-electron chi connectivity index (χ1n) is 8.76. The summed E-state index contributed by atoms with van der Waals surface area (Å²) in [7, 11) is 0. The molecule has 4 rings (SSSR count). The Morgan fingerprint density at radius 3 is 2.50 bits per heavy atom. The highest BCUT2D eigenvalue weighted by Crippen LogP contribution is 2.47. The van der Waals surface area contributed by atoms with E-state index in [9.17, 15) is 4.79 Å². The van der Waals surface area contributed by atoms with Crippen molar-refractivity contribution in [3.63, 3.8) is 0 Å². The lowest BCUT2D eigenvalue weighted by atomic mass is 10.2. The van der Waals surface area contributed by atoms with Gasteiger partial charge in [0.25, 0.3) is 5.91 Å². The Balaban J connectivity index is 1.54. The van der Waals surface area contributed by atoms with Gasteiger partial charge >= 0.3 is 0 Å².